The van der Waals surface area contributed by atoms with Crippen molar-refractivity contribution < 1.29 is 23.7 Å². The molecule has 0 spiro atoms. The third-order valence-electron chi connectivity index (χ3n) is 6.56. The maximum Gasteiger partial charge on any atom is 0.199 e. The molecule has 6 heteroatoms. The number of para-hydroxylation sites is 1. The molecule has 2 fully saturated rings. The van der Waals surface area contributed by atoms with Gasteiger partial charge in [-0.1, -0.05) is 36.4 Å². The van der Waals surface area contributed by atoms with Gasteiger partial charge < -0.3 is 23.8 Å². The van der Waals surface area contributed by atoms with Gasteiger partial charge in [-0.15, -0.1) is 0 Å². The summed E-state index contributed by atoms with van der Waals surface area (Å²) in [5.74, 6) is 1.59. The van der Waals surface area contributed by atoms with E-state index in [4.69, 9.17) is 18.9 Å². The van der Waals surface area contributed by atoms with Crippen LogP contribution in [-0.2, 0) is 15.0 Å². The molecule has 3 aromatic carbocycles. The van der Waals surface area contributed by atoms with Crippen molar-refractivity contribution in [1.29, 1.82) is 0 Å². The molecule has 0 aromatic heterocycles. The number of epoxide rings is 2. The molecule has 2 saturated heterocycles. The summed E-state index contributed by atoms with van der Waals surface area (Å²) < 4.78 is 22.1. The van der Waals surface area contributed by atoms with Gasteiger partial charge in [-0.2, -0.15) is 0 Å². The smallest absolute Gasteiger partial charge is 0.199 e. The van der Waals surface area contributed by atoms with Crippen LogP contribution in [-0.4, -0.2) is 51.5 Å². The van der Waals surface area contributed by atoms with Gasteiger partial charge in [0.05, 0.1) is 13.2 Å². The van der Waals surface area contributed by atoms with Gasteiger partial charge in [-0.3, -0.25) is 4.79 Å². The van der Waals surface area contributed by atoms with Crippen molar-refractivity contribution in [3.63, 3.8) is 0 Å². The number of carbonyl (C=O) groups excluding carboxylic acids is 1. The lowest BCUT2D eigenvalue weighted by atomic mass is 9.78. The minimum atomic E-state index is -0.972. The molecule has 0 N–H and O–H groups in total. The number of likely N-dealkylation sites (N-methyl/N-ethyl adjacent to an activating group) is 1. The molecule has 3 heterocycles. The number of anilines is 1. The second-order valence-corrected chi connectivity index (χ2v) is 8.70. The quantitative estimate of drug-likeness (QED) is 0.494. The molecular formula is C27H25NO5. The van der Waals surface area contributed by atoms with Crippen molar-refractivity contribution in [2.75, 3.05) is 38.4 Å². The lowest BCUT2D eigenvalue weighted by Gasteiger charge is -2.37. The van der Waals surface area contributed by atoms with Crippen LogP contribution in [0.1, 0.15) is 21.5 Å². The van der Waals surface area contributed by atoms with E-state index in [2.05, 4.69) is 4.90 Å². The van der Waals surface area contributed by atoms with E-state index in [9.17, 15) is 4.79 Å². The highest BCUT2D eigenvalue weighted by molar-refractivity contribution is 6.16. The molecule has 3 aromatic rings. The number of ketones is 1. The average molecular weight is 443 g/mol. The van der Waals surface area contributed by atoms with Crippen LogP contribution >= 0.6 is 0 Å². The van der Waals surface area contributed by atoms with Gasteiger partial charge in [0.1, 0.15) is 36.9 Å². The maximum absolute atomic E-state index is 14.0. The summed E-state index contributed by atoms with van der Waals surface area (Å²) in [5.41, 5.74) is 2.44. The predicted octanol–water partition coefficient (Wildman–Crippen LogP) is 3.82. The van der Waals surface area contributed by atoms with Gasteiger partial charge in [-0.05, 0) is 47.5 Å². The van der Waals surface area contributed by atoms with Gasteiger partial charge in [0.15, 0.2) is 11.3 Å². The SMILES string of the molecule is CN1c2ccccc2C(=O)C1(c1ccc(OCC2CO2)cc1)c1ccc(OCC2CO2)cc1. The Labute approximate surface area is 192 Å². The van der Waals surface area contributed by atoms with E-state index in [0.29, 0.717) is 13.2 Å². The number of carbonyl (C=O) groups is 1. The fraction of sp³-hybridized carbons (Fsp3) is 0.296. The Morgan fingerprint density at radius 3 is 1.76 bits per heavy atom. The van der Waals surface area contributed by atoms with Gasteiger partial charge >= 0.3 is 0 Å². The summed E-state index contributed by atoms with van der Waals surface area (Å²) in [5, 5.41) is 0. The molecule has 168 valence electrons. The molecular weight excluding hydrogens is 418 g/mol. The second-order valence-electron chi connectivity index (χ2n) is 8.70. The van der Waals surface area contributed by atoms with Crippen LogP contribution in [0.3, 0.4) is 0 Å². The first-order valence-electron chi connectivity index (χ1n) is 11.2. The summed E-state index contributed by atoms with van der Waals surface area (Å²) >= 11 is 0. The molecule has 0 radical (unpaired) electrons. The van der Waals surface area contributed by atoms with Gasteiger partial charge in [-0.25, -0.2) is 0 Å². The van der Waals surface area contributed by atoms with Gasteiger partial charge in [0, 0.05) is 18.3 Å². The number of hydrogen-bond donors (Lipinski definition) is 0. The lowest BCUT2D eigenvalue weighted by molar-refractivity contribution is 0.0928. The number of ether oxygens (including phenoxy) is 4. The monoisotopic (exact) mass is 443 g/mol. The highest BCUT2D eigenvalue weighted by Crippen LogP contribution is 2.48. The van der Waals surface area contributed by atoms with Crippen LogP contribution in [0.5, 0.6) is 11.5 Å². The number of fused-ring (bicyclic) bond motifs is 1. The van der Waals surface area contributed by atoms with E-state index in [1.165, 1.54) is 0 Å². The van der Waals surface area contributed by atoms with E-state index >= 15 is 0 Å². The molecule has 0 bridgehead atoms. The zero-order chi connectivity index (χ0) is 22.4. The Hall–Kier alpha value is -3.35. The van der Waals surface area contributed by atoms with Crippen LogP contribution in [0.2, 0.25) is 0 Å². The minimum Gasteiger partial charge on any atom is -0.491 e. The van der Waals surface area contributed by atoms with Crippen molar-refractivity contribution in [2.24, 2.45) is 0 Å². The maximum atomic E-state index is 14.0. The zero-order valence-corrected chi connectivity index (χ0v) is 18.4. The third kappa shape index (κ3) is 3.56. The van der Waals surface area contributed by atoms with Crippen LogP contribution in [0, 0.1) is 0 Å². The van der Waals surface area contributed by atoms with Crippen LogP contribution in [0.4, 0.5) is 5.69 Å². The molecule has 3 aliphatic rings. The highest BCUT2D eigenvalue weighted by atomic mass is 16.6. The first kappa shape index (κ1) is 20.3. The van der Waals surface area contributed by atoms with E-state index < -0.39 is 5.54 Å². The zero-order valence-electron chi connectivity index (χ0n) is 18.4. The standard InChI is InChI=1S/C27H25NO5/c1-28-25-5-3-2-4-24(25)26(29)27(28,18-6-10-20(11-7-18)30-14-22-16-32-22)19-8-12-21(13-9-19)31-15-23-17-33-23/h2-13,22-23H,14-17H2,1H3. The van der Waals surface area contributed by atoms with E-state index in [1.807, 2.05) is 79.8 Å². The van der Waals surface area contributed by atoms with E-state index in [1.54, 1.807) is 0 Å². The molecule has 3 aliphatic heterocycles. The van der Waals surface area contributed by atoms with Crippen LogP contribution < -0.4 is 14.4 Å². The van der Waals surface area contributed by atoms with Crippen molar-refractivity contribution in [3.8, 4) is 11.5 Å². The largest absolute Gasteiger partial charge is 0.491 e. The van der Waals surface area contributed by atoms with Crippen molar-refractivity contribution >= 4 is 11.5 Å². The van der Waals surface area contributed by atoms with Crippen molar-refractivity contribution in [3.05, 3.63) is 89.5 Å². The number of rotatable bonds is 8. The Kier molecular flexibility index (Phi) is 4.85. The Balaban J connectivity index is 1.38. The van der Waals surface area contributed by atoms with E-state index in [-0.39, 0.29) is 18.0 Å². The first-order chi connectivity index (χ1) is 16.2. The molecule has 6 nitrogen and oxygen atoms in total. The average Bonchev–Trinajstić information content (AvgIpc) is 3.78. The molecule has 6 rings (SSSR count). The van der Waals surface area contributed by atoms with Crippen LogP contribution in [0.25, 0.3) is 0 Å². The summed E-state index contributed by atoms with van der Waals surface area (Å²) in [6.45, 7) is 2.60. The fourth-order valence-electron chi connectivity index (χ4n) is 4.59. The first-order valence-corrected chi connectivity index (χ1v) is 11.2. The van der Waals surface area contributed by atoms with Crippen molar-refractivity contribution in [1.82, 2.24) is 0 Å². The Morgan fingerprint density at radius 2 is 1.30 bits per heavy atom. The molecule has 0 aliphatic carbocycles. The minimum absolute atomic E-state index is 0.0562. The molecule has 2 atom stereocenters. The fourth-order valence-corrected chi connectivity index (χ4v) is 4.59. The lowest BCUT2D eigenvalue weighted by Crippen LogP contribution is -2.46. The third-order valence-corrected chi connectivity index (χ3v) is 6.56. The number of nitrogens with zero attached hydrogens (tertiary/aromatic N) is 1. The summed E-state index contributed by atoms with van der Waals surface area (Å²) in [6.07, 6.45) is 0.389. The molecule has 2 unspecified atom stereocenters. The highest BCUT2D eigenvalue weighted by Gasteiger charge is 2.52. The summed E-state index contributed by atoms with van der Waals surface area (Å²) in [4.78, 5) is 16.1. The predicted molar refractivity (Wildman–Crippen MR) is 123 cm³/mol. The van der Waals surface area contributed by atoms with E-state index in [0.717, 1.165) is 47.1 Å². The molecule has 0 saturated carbocycles. The number of hydrogen-bond acceptors (Lipinski definition) is 6. The normalized spacial score (nSPS) is 25.0. The summed E-state index contributed by atoms with van der Waals surface area (Å²) in [7, 11) is 1.98. The Morgan fingerprint density at radius 1 is 0.818 bits per heavy atom. The van der Waals surface area contributed by atoms with Gasteiger partial charge in [0.2, 0.25) is 0 Å². The Bertz CT molecular complexity index is 1110. The number of Topliss-reactive ketones (excluding diaryl/α,β-unsaturated/α-hetero) is 1. The topological polar surface area (TPSA) is 63.8 Å². The molecule has 33 heavy (non-hydrogen) atoms. The van der Waals surface area contributed by atoms with Crippen LogP contribution in [0.15, 0.2) is 72.8 Å². The summed E-state index contributed by atoms with van der Waals surface area (Å²) in [6, 6.07) is 23.4. The molecule has 0 amide bonds. The second kappa shape index (κ2) is 7.90. The number of benzene rings is 3. The van der Waals surface area contributed by atoms with Crippen molar-refractivity contribution in [2.45, 2.75) is 17.7 Å². The van der Waals surface area contributed by atoms with Gasteiger partial charge in [0.25, 0.3) is 0 Å².